The van der Waals surface area contributed by atoms with E-state index >= 15 is 0 Å². The monoisotopic (exact) mass is 742 g/mol. The third-order valence-corrected chi connectivity index (χ3v) is 10.2. The summed E-state index contributed by atoms with van der Waals surface area (Å²) in [7, 11) is 0. The summed E-state index contributed by atoms with van der Waals surface area (Å²) in [4.78, 5) is 0. The molecule has 0 saturated heterocycles. The predicted octanol–water partition coefficient (Wildman–Crippen LogP) is 9.70. The van der Waals surface area contributed by atoms with Crippen LogP contribution in [0.2, 0.25) is 0 Å². The van der Waals surface area contributed by atoms with E-state index in [1.165, 1.54) is 13.0 Å². The van der Waals surface area contributed by atoms with E-state index in [1.54, 1.807) is 66.7 Å². The summed E-state index contributed by atoms with van der Waals surface area (Å²) in [6.07, 6.45) is 0. The Morgan fingerprint density at radius 3 is 1.75 bits per heavy atom. The molecule has 1 atom stereocenters. The zero-order valence-corrected chi connectivity index (χ0v) is 28.5. The van der Waals surface area contributed by atoms with Gasteiger partial charge in [0.15, 0.2) is 28.8 Å². The van der Waals surface area contributed by atoms with E-state index in [0.717, 1.165) is 0 Å². The molecule has 13 nitrogen and oxygen atoms in total. The molecule has 1 aliphatic carbocycles. The van der Waals surface area contributed by atoms with Crippen LogP contribution >= 0.6 is 0 Å². The third kappa shape index (κ3) is 4.59. The second-order valence-corrected chi connectivity index (χ2v) is 13.1. The van der Waals surface area contributed by atoms with Crippen molar-refractivity contribution >= 4 is 59.8 Å². The molecular weight excluding hydrogens is 712 g/mol. The Labute approximate surface area is 308 Å². The molecule has 13 heteroatoms. The summed E-state index contributed by atoms with van der Waals surface area (Å²) in [5.41, 5.74) is 0.678. The van der Waals surface area contributed by atoms with Crippen LogP contribution in [-0.2, 0) is 0 Å². The van der Waals surface area contributed by atoms with Gasteiger partial charge in [-0.25, -0.2) is 0 Å². The highest BCUT2D eigenvalue weighted by atomic mass is 16.4. The molecule has 12 N–H and O–H groups in total. The van der Waals surface area contributed by atoms with Crippen LogP contribution in [0.1, 0.15) is 12.5 Å². The number of fused-ring (bicyclic) bond motifs is 7. The molecule has 0 fully saturated rings. The third-order valence-electron chi connectivity index (χ3n) is 10.2. The molecule has 1 aromatic heterocycles. The average Bonchev–Trinajstić information content (AvgIpc) is 3.55. The number of phenols is 5. The van der Waals surface area contributed by atoms with Gasteiger partial charge < -0.3 is 65.7 Å². The van der Waals surface area contributed by atoms with Crippen molar-refractivity contribution < 1.29 is 65.7 Å². The van der Waals surface area contributed by atoms with Crippen LogP contribution in [0.15, 0.2) is 130 Å². The summed E-state index contributed by atoms with van der Waals surface area (Å²) in [6, 6.07) is 20.3. The van der Waals surface area contributed by atoms with Crippen LogP contribution in [0.25, 0.3) is 71.0 Å². The summed E-state index contributed by atoms with van der Waals surface area (Å²) < 4.78 is 6.21. The number of hydrogen-bond donors (Lipinski definition) is 12. The van der Waals surface area contributed by atoms with Crippen LogP contribution in [0, 0.1) is 5.92 Å². The first-order valence-electron chi connectivity index (χ1n) is 16.6. The maximum Gasteiger partial charge on any atom is 0.205 e. The average molecular weight is 743 g/mol. The number of aromatic hydroxyl groups is 5. The van der Waals surface area contributed by atoms with Crippen LogP contribution in [0.5, 0.6) is 28.7 Å². The highest BCUT2D eigenvalue weighted by molar-refractivity contribution is 6.27. The maximum atomic E-state index is 11.7. The molecule has 55 heavy (non-hydrogen) atoms. The molecule has 1 unspecified atom stereocenters. The Balaban J connectivity index is 1.50. The van der Waals surface area contributed by atoms with Gasteiger partial charge in [0.1, 0.15) is 28.4 Å². The highest BCUT2D eigenvalue weighted by Gasteiger charge is 2.36. The first-order chi connectivity index (χ1) is 26.2. The number of aliphatic hydroxyl groups excluding tert-OH is 7. The van der Waals surface area contributed by atoms with Gasteiger partial charge in [-0.05, 0) is 44.8 Å². The smallest absolute Gasteiger partial charge is 0.205 e. The first-order valence-corrected chi connectivity index (χ1v) is 16.6. The maximum absolute atomic E-state index is 11.7. The first kappa shape index (κ1) is 34.3. The Kier molecular flexibility index (Phi) is 7.40. The Morgan fingerprint density at radius 2 is 1.16 bits per heavy atom. The molecule has 8 rings (SSSR count). The SMILES string of the molecule is C=C(O)/C(=C(O)\C(O)=C1\C(O)=C(O)C(O)=C(O)C1C)c1c2ccccc2c(-c2cccc3oc4c(cc(O)c5c(O)c(O)c(O)c(O)c54)c23)c2ccccc12. The van der Waals surface area contributed by atoms with Gasteiger partial charge in [-0.15, -0.1) is 0 Å². The number of aliphatic hydroxyl groups is 7. The number of benzene rings is 6. The van der Waals surface area contributed by atoms with Crippen molar-refractivity contribution in [2.45, 2.75) is 6.92 Å². The fourth-order valence-corrected chi connectivity index (χ4v) is 7.64. The Morgan fingerprint density at radius 1 is 0.600 bits per heavy atom. The van der Waals surface area contributed by atoms with Crippen molar-refractivity contribution in [2.75, 3.05) is 0 Å². The molecule has 0 amide bonds. The summed E-state index contributed by atoms with van der Waals surface area (Å²) in [6.45, 7) is 4.95. The number of furan rings is 1. The highest BCUT2D eigenvalue weighted by Crippen LogP contribution is 2.55. The standard InChI is InChI=1S/C42H30O13/c1-15-25(34(47)39(52)38(51)32(15)45)33(46)35(48)26(16(2)43)29-19-10-5-3-8-17(19)27(18-9-4-6-11-20(18)29)21-12-7-13-24-28(21)22-14-23(44)30-31(42(22)55-24)37(50)41(54)40(53)36(30)49/h3-15,43-54H,2H2,1H3/b33-25-,35-26-. The van der Waals surface area contributed by atoms with Gasteiger partial charge in [0, 0.05) is 16.3 Å². The van der Waals surface area contributed by atoms with E-state index in [4.69, 9.17) is 4.42 Å². The van der Waals surface area contributed by atoms with Gasteiger partial charge in [-0.3, -0.25) is 0 Å². The van der Waals surface area contributed by atoms with E-state index in [1.807, 2.05) is 0 Å². The lowest BCUT2D eigenvalue weighted by molar-refractivity contribution is 0.221. The quantitative estimate of drug-likeness (QED) is 0.0264. The van der Waals surface area contributed by atoms with Gasteiger partial charge in [0.25, 0.3) is 0 Å². The Bertz CT molecular complexity index is 2970. The molecule has 0 spiro atoms. The predicted molar refractivity (Wildman–Crippen MR) is 205 cm³/mol. The van der Waals surface area contributed by atoms with Gasteiger partial charge in [0.2, 0.25) is 23.0 Å². The molecule has 1 heterocycles. The summed E-state index contributed by atoms with van der Waals surface area (Å²) in [5, 5.41) is 131. The van der Waals surface area contributed by atoms with Gasteiger partial charge >= 0.3 is 0 Å². The van der Waals surface area contributed by atoms with Crippen LogP contribution < -0.4 is 0 Å². The fourth-order valence-electron chi connectivity index (χ4n) is 7.64. The lowest BCUT2D eigenvalue weighted by Gasteiger charge is -2.24. The molecule has 7 aromatic rings. The van der Waals surface area contributed by atoms with E-state index in [9.17, 15) is 61.3 Å². The zero-order chi connectivity index (χ0) is 39.4. The number of phenolic OH excluding ortho intramolecular Hbond substituents is 5. The number of hydrogen-bond acceptors (Lipinski definition) is 13. The number of allylic oxidation sites excluding steroid dienone is 3. The van der Waals surface area contributed by atoms with Crippen molar-refractivity contribution in [1.29, 1.82) is 0 Å². The molecule has 0 saturated carbocycles. The molecule has 0 radical (unpaired) electrons. The second kappa shape index (κ2) is 11.9. The van der Waals surface area contributed by atoms with Crippen molar-refractivity contribution in [3.05, 3.63) is 131 Å². The van der Waals surface area contributed by atoms with Crippen LogP contribution in [-0.4, -0.2) is 61.3 Å². The van der Waals surface area contributed by atoms with E-state index in [-0.39, 0.29) is 38.5 Å². The fraction of sp³-hybridized carbons (Fsp3) is 0.0476. The molecule has 1 aliphatic rings. The topological polar surface area (TPSA) is 256 Å². The normalized spacial score (nSPS) is 16.5. The number of rotatable bonds is 4. The van der Waals surface area contributed by atoms with Crippen LogP contribution in [0.3, 0.4) is 0 Å². The minimum Gasteiger partial charge on any atom is -0.508 e. The van der Waals surface area contributed by atoms with E-state index in [2.05, 4.69) is 6.58 Å². The largest absolute Gasteiger partial charge is 0.508 e. The molecule has 6 aromatic carbocycles. The van der Waals surface area contributed by atoms with Gasteiger partial charge in [-0.1, -0.05) is 74.2 Å². The van der Waals surface area contributed by atoms with E-state index in [0.29, 0.717) is 38.1 Å². The van der Waals surface area contributed by atoms with Gasteiger partial charge in [0.05, 0.1) is 27.8 Å². The molecule has 0 bridgehead atoms. The Hall–Kier alpha value is -7.80. The lowest BCUT2D eigenvalue weighted by atomic mass is 9.83. The van der Waals surface area contributed by atoms with E-state index < -0.39 is 80.6 Å². The van der Waals surface area contributed by atoms with Gasteiger partial charge in [-0.2, -0.15) is 0 Å². The van der Waals surface area contributed by atoms with Crippen molar-refractivity contribution in [3.8, 4) is 39.9 Å². The zero-order valence-electron chi connectivity index (χ0n) is 28.5. The summed E-state index contributed by atoms with van der Waals surface area (Å²) >= 11 is 0. The van der Waals surface area contributed by atoms with Crippen molar-refractivity contribution in [2.24, 2.45) is 5.92 Å². The minimum atomic E-state index is -1.32. The van der Waals surface area contributed by atoms with Crippen molar-refractivity contribution in [1.82, 2.24) is 0 Å². The lowest BCUT2D eigenvalue weighted by Crippen LogP contribution is -2.19. The molecule has 0 aliphatic heterocycles. The molecular formula is C42H30O13. The summed E-state index contributed by atoms with van der Waals surface area (Å²) in [5.74, 6) is -12.3. The minimum absolute atomic E-state index is 0.0201. The van der Waals surface area contributed by atoms with Crippen molar-refractivity contribution in [3.63, 3.8) is 0 Å². The van der Waals surface area contributed by atoms with Crippen LogP contribution in [0.4, 0.5) is 0 Å². The molecule has 276 valence electrons. The second-order valence-electron chi connectivity index (χ2n) is 13.1.